The average Bonchev–Trinajstić information content (AvgIpc) is 3.16. The third-order valence-electron chi connectivity index (χ3n) is 5.65. The van der Waals surface area contributed by atoms with E-state index in [0.29, 0.717) is 17.2 Å². The first kappa shape index (κ1) is 19.8. The Kier molecular flexibility index (Phi) is 5.52. The predicted molar refractivity (Wildman–Crippen MR) is 114 cm³/mol. The maximum Gasteiger partial charge on any atom is 0.336 e. The van der Waals surface area contributed by atoms with Gasteiger partial charge in [0.05, 0.1) is 14.2 Å². The molecule has 29 heavy (non-hydrogen) atoms. The maximum atomic E-state index is 12.1. The van der Waals surface area contributed by atoms with Crippen molar-refractivity contribution < 1.29 is 13.9 Å². The van der Waals surface area contributed by atoms with Gasteiger partial charge in [-0.1, -0.05) is 17.7 Å². The van der Waals surface area contributed by atoms with Crippen LogP contribution in [0.4, 0.5) is 0 Å². The van der Waals surface area contributed by atoms with Crippen molar-refractivity contribution in [3.63, 3.8) is 0 Å². The lowest BCUT2D eigenvalue weighted by Gasteiger charge is -2.26. The summed E-state index contributed by atoms with van der Waals surface area (Å²) in [6, 6.07) is 11.5. The lowest BCUT2D eigenvalue weighted by atomic mass is 10.0. The van der Waals surface area contributed by atoms with Gasteiger partial charge in [0.15, 0.2) is 0 Å². The zero-order valence-electron chi connectivity index (χ0n) is 16.8. The minimum atomic E-state index is -0.341. The smallest absolute Gasteiger partial charge is 0.336 e. The van der Waals surface area contributed by atoms with Gasteiger partial charge in [0.2, 0.25) is 0 Å². The van der Waals surface area contributed by atoms with Crippen LogP contribution in [0.3, 0.4) is 0 Å². The second kappa shape index (κ2) is 8.09. The summed E-state index contributed by atoms with van der Waals surface area (Å²) in [6.45, 7) is 3.49. The number of ether oxygens (including phenoxy) is 2. The van der Waals surface area contributed by atoms with Crippen LogP contribution in [0.1, 0.15) is 35.6 Å². The molecule has 3 aromatic rings. The molecule has 5 nitrogen and oxygen atoms in total. The van der Waals surface area contributed by atoms with E-state index in [1.807, 2.05) is 31.2 Å². The monoisotopic (exact) mass is 413 g/mol. The van der Waals surface area contributed by atoms with Gasteiger partial charge >= 0.3 is 5.63 Å². The summed E-state index contributed by atoms with van der Waals surface area (Å²) < 4.78 is 16.4. The van der Waals surface area contributed by atoms with E-state index in [-0.39, 0.29) is 11.7 Å². The molecule has 0 bridgehead atoms. The number of rotatable bonds is 5. The van der Waals surface area contributed by atoms with Gasteiger partial charge in [-0.05, 0) is 55.6 Å². The maximum absolute atomic E-state index is 12.1. The van der Waals surface area contributed by atoms with Gasteiger partial charge < -0.3 is 13.9 Å². The van der Waals surface area contributed by atoms with Crippen LogP contribution in [-0.2, 0) is 6.54 Å². The van der Waals surface area contributed by atoms with Crippen LogP contribution < -0.4 is 15.1 Å². The highest BCUT2D eigenvalue weighted by atomic mass is 35.5. The Hall–Kier alpha value is -2.50. The second-order valence-electron chi connectivity index (χ2n) is 7.42. The number of fused-ring (bicyclic) bond motifs is 1. The Morgan fingerprint density at radius 1 is 1.17 bits per heavy atom. The molecule has 0 aliphatic carbocycles. The molecule has 0 radical (unpaired) electrons. The molecule has 1 aromatic heterocycles. The molecule has 0 unspecified atom stereocenters. The van der Waals surface area contributed by atoms with E-state index in [2.05, 4.69) is 11.0 Å². The van der Waals surface area contributed by atoms with Crippen LogP contribution >= 0.6 is 11.6 Å². The molecule has 0 saturated carbocycles. The molecular weight excluding hydrogens is 390 g/mol. The molecule has 0 spiro atoms. The topological polar surface area (TPSA) is 51.9 Å². The SMILES string of the molecule is COc1ccc([C@@H]2CCCN2Cc2cc(=O)oc3cc(C)c(Cl)cc23)c(OC)c1. The number of hydrogen-bond acceptors (Lipinski definition) is 5. The van der Waals surface area contributed by atoms with Crippen molar-refractivity contribution in [2.45, 2.75) is 32.4 Å². The fourth-order valence-corrected chi connectivity index (χ4v) is 4.32. The number of likely N-dealkylation sites (tertiary alicyclic amines) is 1. The molecule has 2 heterocycles. The highest BCUT2D eigenvalue weighted by Crippen LogP contribution is 2.40. The highest BCUT2D eigenvalue weighted by molar-refractivity contribution is 6.32. The summed E-state index contributed by atoms with van der Waals surface area (Å²) in [4.78, 5) is 14.5. The van der Waals surface area contributed by atoms with Crippen molar-refractivity contribution in [3.05, 3.63) is 68.5 Å². The quantitative estimate of drug-likeness (QED) is 0.544. The lowest BCUT2D eigenvalue weighted by Crippen LogP contribution is -2.24. The fourth-order valence-electron chi connectivity index (χ4n) is 4.16. The van der Waals surface area contributed by atoms with Gasteiger partial charge in [-0.3, -0.25) is 4.90 Å². The average molecular weight is 414 g/mol. The molecule has 1 aliphatic heterocycles. The van der Waals surface area contributed by atoms with Crippen LogP contribution in [0.15, 0.2) is 45.6 Å². The summed E-state index contributed by atoms with van der Waals surface area (Å²) >= 11 is 6.35. The highest BCUT2D eigenvalue weighted by Gasteiger charge is 2.29. The van der Waals surface area contributed by atoms with E-state index >= 15 is 0 Å². The van der Waals surface area contributed by atoms with E-state index in [9.17, 15) is 4.79 Å². The molecule has 1 aliphatic rings. The van der Waals surface area contributed by atoms with Gasteiger partial charge in [0.25, 0.3) is 0 Å². The van der Waals surface area contributed by atoms with Gasteiger partial charge in [0, 0.05) is 40.7 Å². The van der Waals surface area contributed by atoms with Crippen molar-refractivity contribution in [2.75, 3.05) is 20.8 Å². The molecule has 2 aromatic carbocycles. The molecular formula is C23H24ClNO4. The molecule has 0 amide bonds. The first-order chi connectivity index (χ1) is 14.0. The third-order valence-corrected chi connectivity index (χ3v) is 6.05. The minimum Gasteiger partial charge on any atom is -0.497 e. The molecule has 152 valence electrons. The molecule has 1 fully saturated rings. The Morgan fingerprint density at radius 2 is 2.00 bits per heavy atom. The van der Waals surface area contributed by atoms with Crippen molar-refractivity contribution in [3.8, 4) is 11.5 Å². The summed E-state index contributed by atoms with van der Waals surface area (Å²) in [5.74, 6) is 1.59. The standard InChI is InChI=1S/C23H24ClNO4/c1-14-9-22-18(12-19(14)24)15(10-23(26)29-22)13-25-8-4-5-20(25)17-7-6-16(27-2)11-21(17)28-3/h6-7,9-12,20H,4-5,8,13H2,1-3H3/t20-/m0/s1. The van der Waals surface area contributed by atoms with Crippen molar-refractivity contribution in [2.24, 2.45) is 0 Å². The number of hydrogen-bond donors (Lipinski definition) is 0. The fraction of sp³-hybridized carbons (Fsp3) is 0.348. The van der Waals surface area contributed by atoms with E-state index in [4.69, 9.17) is 25.5 Å². The lowest BCUT2D eigenvalue weighted by molar-refractivity contribution is 0.243. The van der Waals surface area contributed by atoms with Crippen molar-refractivity contribution in [1.82, 2.24) is 4.90 Å². The van der Waals surface area contributed by atoms with Crippen LogP contribution in [0, 0.1) is 6.92 Å². The van der Waals surface area contributed by atoms with Gasteiger partial charge in [-0.15, -0.1) is 0 Å². The normalized spacial score (nSPS) is 17.0. The summed E-state index contributed by atoms with van der Waals surface area (Å²) in [5, 5.41) is 1.55. The van der Waals surface area contributed by atoms with Gasteiger partial charge in [-0.25, -0.2) is 4.79 Å². The number of nitrogens with zero attached hydrogens (tertiary/aromatic N) is 1. The third kappa shape index (κ3) is 3.85. The van der Waals surface area contributed by atoms with E-state index in [0.717, 1.165) is 53.0 Å². The van der Waals surface area contributed by atoms with Gasteiger partial charge in [0.1, 0.15) is 17.1 Å². The Morgan fingerprint density at radius 3 is 2.76 bits per heavy atom. The summed E-state index contributed by atoms with van der Waals surface area (Å²) in [6.07, 6.45) is 2.11. The first-order valence-electron chi connectivity index (χ1n) is 9.69. The number of benzene rings is 2. The molecule has 1 atom stereocenters. The Balaban J connectivity index is 1.71. The summed E-state index contributed by atoms with van der Waals surface area (Å²) in [7, 11) is 3.33. The zero-order valence-corrected chi connectivity index (χ0v) is 17.6. The Labute approximate surface area is 174 Å². The molecule has 4 rings (SSSR count). The number of halogens is 1. The van der Waals surface area contributed by atoms with Gasteiger partial charge in [-0.2, -0.15) is 0 Å². The zero-order chi connectivity index (χ0) is 20.5. The van der Waals surface area contributed by atoms with Crippen LogP contribution in [0.5, 0.6) is 11.5 Å². The van der Waals surface area contributed by atoms with Crippen LogP contribution in [0.2, 0.25) is 5.02 Å². The van der Waals surface area contributed by atoms with Crippen molar-refractivity contribution in [1.29, 1.82) is 0 Å². The van der Waals surface area contributed by atoms with Crippen molar-refractivity contribution >= 4 is 22.6 Å². The minimum absolute atomic E-state index is 0.207. The van der Waals surface area contributed by atoms with E-state index in [1.165, 1.54) is 0 Å². The van der Waals surface area contributed by atoms with Crippen LogP contribution in [0.25, 0.3) is 11.0 Å². The summed E-state index contributed by atoms with van der Waals surface area (Å²) in [5.41, 5.74) is 3.19. The first-order valence-corrected chi connectivity index (χ1v) is 10.1. The molecule has 1 saturated heterocycles. The molecule has 0 N–H and O–H groups in total. The number of methoxy groups -OCH3 is 2. The van der Waals surface area contributed by atoms with E-state index in [1.54, 1.807) is 20.3 Å². The van der Waals surface area contributed by atoms with E-state index < -0.39 is 0 Å². The number of aryl methyl sites for hydroxylation is 1. The second-order valence-corrected chi connectivity index (χ2v) is 7.83. The van der Waals surface area contributed by atoms with Crippen LogP contribution in [-0.4, -0.2) is 25.7 Å². The molecule has 6 heteroatoms. The predicted octanol–water partition coefficient (Wildman–Crippen LogP) is 5.11. The largest absolute Gasteiger partial charge is 0.497 e. The Bertz CT molecular complexity index is 1110.